The second-order valence-corrected chi connectivity index (χ2v) is 4.80. The average Bonchev–Trinajstić information content (AvgIpc) is 2.47. The van der Waals surface area contributed by atoms with Crippen molar-refractivity contribution in [2.75, 3.05) is 24.6 Å². The summed E-state index contributed by atoms with van der Waals surface area (Å²) in [6, 6.07) is 4.93. The number of nitrogens with zero attached hydrogens (tertiary/aromatic N) is 2. The molecule has 1 saturated heterocycles. The van der Waals surface area contributed by atoms with Crippen molar-refractivity contribution in [2.45, 2.75) is 19.8 Å². The molecular weight excluding hydrogens is 260 g/mol. The van der Waals surface area contributed by atoms with Crippen LogP contribution in [0.25, 0.3) is 0 Å². The maximum absolute atomic E-state index is 10.9. The molecule has 0 saturated carbocycles. The summed E-state index contributed by atoms with van der Waals surface area (Å²) >= 11 is 0. The van der Waals surface area contributed by atoms with E-state index in [1.165, 1.54) is 6.07 Å². The summed E-state index contributed by atoms with van der Waals surface area (Å²) in [5.41, 5.74) is 0.891. The first kappa shape index (κ1) is 14.3. The third kappa shape index (κ3) is 3.07. The highest BCUT2D eigenvalue weighted by atomic mass is 16.6. The highest BCUT2D eigenvalue weighted by molar-refractivity contribution is 5.60. The second-order valence-electron chi connectivity index (χ2n) is 4.80. The molecule has 0 N–H and O–H groups in total. The van der Waals surface area contributed by atoms with Gasteiger partial charge >= 0.3 is 5.69 Å². The fraction of sp³-hybridized carbons (Fsp3) is 0.500. The topological polar surface area (TPSA) is 72.7 Å². The number of piperidine rings is 1. The Hall–Kier alpha value is -2.11. The number of rotatable bonds is 5. The molecule has 20 heavy (non-hydrogen) atoms. The summed E-state index contributed by atoms with van der Waals surface area (Å²) in [4.78, 5) is 23.4. The Bertz CT molecular complexity index is 496. The first-order chi connectivity index (χ1) is 9.65. The van der Waals surface area contributed by atoms with Gasteiger partial charge in [0, 0.05) is 36.8 Å². The summed E-state index contributed by atoms with van der Waals surface area (Å²) in [6.45, 7) is 3.75. The summed E-state index contributed by atoms with van der Waals surface area (Å²) in [7, 11) is 0. The van der Waals surface area contributed by atoms with E-state index in [0.717, 1.165) is 37.9 Å². The third-order valence-electron chi connectivity index (χ3n) is 3.54. The number of carbonyl (C=O) groups is 1. The lowest BCUT2D eigenvalue weighted by Crippen LogP contribution is -2.34. The monoisotopic (exact) mass is 278 g/mol. The number of hydrogen-bond donors (Lipinski definition) is 0. The van der Waals surface area contributed by atoms with Gasteiger partial charge in [0.05, 0.1) is 11.5 Å². The van der Waals surface area contributed by atoms with Gasteiger partial charge in [0.25, 0.3) is 0 Å². The number of hydrogen-bond acceptors (Lipinski definition) is 5. The van der Waals surface area contributed by atoms with Crippen molar-refractivity contribution in [3.63, 3.8) is 0 Å². The van der Waals surface area contributed by atoms with Gasteiger partial charge in [-0.25, -0.2) is 0 Å². The minimum atomic E-state index is -0.437. The molecule has 108 valence electrons. The SMILES string of the molecule is CCOc1cc(N2CCC(C=O)CC2)ccc1[N+](=O)[O-]. The molecule has 2 rings (SSSR count). The van der Waals surface area contributed by atoms with Gasteiger partial charge in [-0.1, -0.05) is 0 Å². The van der Waals surface area contributed by atoms with E-state index in [2.05, 4.69) is 4.90 Å². The van der Waals surface area contributed by atoms with Gasteiger partial charge in [-0.2, -0.15) is 0 Å². The zero-order valence-corrected chi connectivity index (χ0v) is 11.4. The number of carbonyl (C=O) groups excluding carboxylic acids is 1. The van der Waals surface area contributed by atoms with Crippen LogP contribution in [0, 0.1) is 16.0 Å². The van der Waals surface area contributed by atoms with E-state index >= 15 is 0 Å². The normalized spacial score (nSPS) is 15.9. The molecule has 1 aromatic rings. The molecule has 0 aromatic heterocycles. The molecule has 0 unspecified atom stereocenters. The smallest absolute Gasteiger partial charge is 0.311 e. The lowest BCUT2D eigenvalue weighted by Gasteiger charge is -2.31. The maximum Gasteiger partial charge on any atom is 0.311 e. The summed E-state index contributed by atoms with van der Waals surface area (Å²) in [5.74, 6) is 0.433. The maximum atomic E-state index is 10.9. The Morgan fingerprint density at radius 1 is 1.45 bits per heavy atom. The van der Waals surface area contributed by atoms with Gasteiger partial charge in [-0.15, -0.1) is 0 Å². The number of nitro groups is 1. The van der Waals surface area contributed by atoms with Crippen LogP contribution < -0.4 is 9.64 Å². The molecule has 1 aliphatic rings. The minimum absolute atomic E-state index is 0.0154. The van der Waals surface area contributed by atoms with Gasteiger partial charge in [0.2, 0.25) is 0 Å². The van der Waals surface area contributed by atoms with E-state index in [0.29, 0.717) is 12.4 Å². The highest BCUT2D eigenvalue weighted by Gasteiger charge is 2.21. The Morgan fingerprint density at radius 3 is 2.70 bits per heavy atom. The van der Waals surface area contributed by atoms with Crippen LogP contribution in [0.3, 0.4) is 0 Å². The van der Waals surface area contributed by atoms with E-state index in [1.807, 2.05) is 0 Å². The van der Waals surface area contributed by atoms with Crippen molar-refractivity contribution in [3.8, 4) is 5.75 Å². The number of nitro benzene ring substituents is 1. The standard InChI is InChI=1S/C14H18N2O4/c1-2-20-14-9-12(3-4-13(14)16(18)19)15-7-5-11(10-17)6-8-15/h3-4,9-11H,2,5-8H2,1H3. The Morgan fingerprint density at radius 2 is 2.15 bits per heavy atom. The quantitative estimate of drug-likeness (QED) is 0.470. The largest absolute Gasteiger partial charge is 0.487 e. The van der Waals surface area contributed by atoms with Gasteiger partial charge in [-0.05, 0) is 25.8 Å². The fourth-order valence-corrected chi connectivity index (χ4v) is 2.42. The Kier molecular flexibility index (Phi) is 4.55. The van der Waals surface area contributed by atoms with Crippen LogP contribution in [-0.4, -0.2) is 30.9 Å². The molecule has 0 bridgehead atoms. The minimum Gasteiger partial charge on any atom is -0.487 e. The highest BCUT2D eigenvalue weighted by Crippen LogP contribution is 2.33. The molecule has 0 spiro atoms. The van der Waals surface area contributed by atoms with Crippen LogP contribution in [0.4, 0.5) is 11.4 Å². The van der Waals surface area contributed by atoms with Crippen molar-refractivity contribution < 1.29 is 14.5 Å². The molecule has 1 aliphatic heterocycles. The third-order valence-corrected chi connectivity index (χ3v) is 3.54. The molecule has 1 aromatic carbocycles. The molecule has 0 atom stereocenters. The lowest BCUT2D eigenvalue weighted by molar-refractivity contribution is -0.385. The van der Waals surface area contributed by atoms with E-state index in [4.69, 9.17) is 4.74 Å². The van der Waals surface area contributed by atoms with E-state index in [-0.39, 0.29) is 11.6 Å². The van der Waals surface area contributed by atoms with Crippen LogP contribution in [0.1, 0.15) is 19.8 Å². The Labute approximate surface area is 117 Å². The first-order valence-electron chi connectivity index (χ1n) is 6.77. The van der Waals surface area contributed by atoms with Crippen LogP contribution in [0.5, 0.6) is 5.75 Å². The molecule has 0 aliphatic carbocycles. The van der Waals surface area contributed by atoms with Crippen molar-refractivity contribution in [2.24, 2.45) is 5.92 Å². The summed E-state index contributed by atoms with van der Waals surface area (Å²) < 4.78 is 5.35. The number of aldehydes is 1. The lowest BCUT2D eigenvalue weighted by atomic mass is 9.98. The van der Waals surface area contributed by atoms with Crippen LogP contribution in [-0.2, 0) is 4.79 Å². The van der Waals surface area contributed by atoms with Crippen molar-refractivity contribution in [3.05, 3.63) is 28.3 Å². The fourth-order valence-electron chi connectivity index (χ4n) is 2.42. The number of benzene rings is 1. The van der Waals surface area contributed by atoms with Gasteiger partial charge < -0.3 is 14.4 Å². The van der Waals surface area contributed by atoms with Crippen molar-refractivity contribution in [1.82, 2.24) is 0 Å². The summed E-state index contributed by atoms with van der Waals surface area (Å²) in [6.07, 6.45) is 2.66. The van der Waals surface area contributed by atoms with Crippen molar-refractivity contribution >= 4 is 17.7 Å². The molecule has 1 heterocycles. The van der Waals surface area contributed by atoms with Crippen LogP contribution in [0.2, 0.25) is 0 Å². The molecule has 0 amide bonds. The predicted octanol–water partition coefficient (Wildman–Crippen LogP) is 2.41. The van der Waals surface area contributed by atoms with E-state index < -0.39 is 4.92 Å². The van der Waals surface area contributed by atoms with E-state index in [9.17, 15) is 14.9 Å². The zero-order chi connectivity index (χ0) is 14.5. The summed E-state index contributed by atoms with van der Waals surface area (Å²) in [5, 5.41) is 10.9. The van der Waals surface area contributed by atoms with Gasteiger partial charge in [-0.3, -0.25) is 10.1 Å². The second kappa shape index (κ2) is 6.36. The van der Waals surface area contributed by atoms with Crippen LogP contribution >= 0.6 is 0 Å². The van der Waals surface area contributed by atoms with Gasteiger partial charge in [0.1, 0.15) is 6.29 Å². The number of anilines is 1. The molecule has 6 nitrogen and oxygen atoms in total. The van der Waals surface area contributed by atoms with Crippen molar-refractivity contribution in [1.29, 1.82) is 0 Å². The molecule has 6 heteroatoms. The zero-order valence-electron chi connectivity index (χ0n) is 11.4. The molecule has 1 fully saturated rings. The molecular formula is C14H18N2O4. The first-order valence-corrected chi connectivity index (χ1v) is 6.77. The number of ether oxygens (including phenoxy) is 1. The van der Waals surface area contributed by atoms with Crippen LogP contribution in [0.15, 0.2) is 18.2 Å². The molecule has 0 radical (unpaired) electrons. The van der Waals surface area contributed by atoms with Gasteiger partial charge in [0.15, 0.2) is 5.75 Å². The predicted molar refractivity (Wildman–Crippen MR) is 75.3 cm³/mol. The Balaban J connectivity index is 2.18. The average molecular weight is 278 g/mol. The van der Waals surface area contributed by atoms with E-state index in [1.54, 1.807) is 19.1 Å².